The Morgan fingerprint density at radius 2 is 2.07 bits per heavy atom. The zero-order chi connectivity index (χ0) is 10.9. The van der Waals surface area contributed by atoms with Crippen molar-refractivity contribution in [3.8, 4) is 0 Å². The van der Waals surface area contributed by atoms with Gasteiger partial charge in [-0.3, -0.25) is 0 Å². The highest BCUT2D eigenvalue weighted by atomic mass is 16.5. The highest BCUT2D eigenvalue weighted by molar-refractivity contribution is 5.73. The molecule has 0 bridgehead atoms. The molecule has 0 atom stereocenters. The molecule has 5 heteroatoms. The summed E-state index contributed by atoms with van der Waals surface area (Å²) in [5.74, 6) is 0.544. The van der Waals surface area contributed by atoms with E-state index in [0.717, 1.165) is 26.1 Å². The quantitative estimate of drug-likeness (QED) is 0.571. The number of carbonyl (C=O) groups is 1. The van der Waals surface area contributed by atoms with Crippen LogP contribution < -0.4 is 10.6 Å². The number of hydrogen-bond acceptors (Lipinski definition) is 3. The summed E-state index contributed by atoms with van der Waals surface area (Å²) in [5.41, 5.74) is 0. The summed E-state index contributed by atoms with van der Waals surface area (Å²) in [6, 6.07) is -0.144. The van der Waals surface area contributed by atoms with Crippen LogP contribution in [0.1, 0.15) is 19.3 Å². The average Bonchev–Trinajstić information content (AvgIpc) is 2.28. The zero-order valence-electron chi connectivity index (χ0n) is 9.00. The van der Waals surface area contributed by atoms with E-state index in [4.69, 9.17) is 9.84 Å². The van der Waals surface area contributed by atoms with Gasteiger partial charge in [0.2, 0.25) is 0 Å². The van der Waals surface area contributed by atoms with E-state index in [9.17, 15) is 4.79 Å². The average molecular weight is 216 g/mol. The molecular weight excluding hydrogens is 196 g/mol. The molecule has 1 aliphatic heterocycles. The molecule has 0 saturated carbocycles. The Morgan fingerprint density at radius 3 is 2.73 bits per heavy atom. The van der Waals surface area contributed by atoms with Crippen molar-refractivity contribution in [1.29, 1.82) is 0 Å². The van der Waals surface area contributed by atoms with Crippen LogP contribution in [0.2, 0.25) is 0 Å². The van der Waals surface area contributed by atoms with E-state index in [1.807, 2.05) is 0 Å². The van der Waals surface area contributed by atoms with Gasteiger partial charge in [0, 0.05) is 32.9 Å². The number of amides is 2. The molecule has 15 heavy (non-hydrogen) atoms. The molecule has 1 heterocycles. The van der Waals surface area contributed by atoms with Gasteiger partial charge in [-0.1, -0.05) is 0 Å². The van der Waals surface area contributed by atoms with Gasteiger partial charge in [0.25, 0.3) is 0 Å². The molecule has 2 amide bonds. The third-order valence-corrected chi connectivity index (χ3v) is 2.51. The van der Waals surface area contributed by atoms with Gasteiger partial charge in [0.1, 0.15) is 0 Å². The Labute approximate surface area is 90.2 Å². The first-order chi connectivity index (χ1) is 7.33. The lowest BCUT2D eigenvalue weighted by molar-refractivity contribution is 0.0669. The maximum Gasteiger partial charge on any atom is 0.314 e. The van der Waals surface area contributed by atoms with Gasteiger partial charge in [-0.05, 0) is 25.2 Å². The third-order valence-electron chi connectivity index (χ3n) is 2.51. The summed E-state index contributed by atoms with van der Waals surface area (Å²) < 4.78 is 5.23. The smallest absolute Gasteiger partial charge is 0.314 e. The second-order valence-electron chi connectivity index (χ2n) is 3.77. The number of nitrogens with one attached hydrogen (secondary N) is 2. The van der Waals surface area contributed by atoms with Crippen LogP contribution in [0.15, 0.2) is 0 Å². The first-order valence-corrected chi connectivity index (χ1v) is 5.53. The molecular formula is C10H20N2O3. The van der Waals surface area contributed by atoms with Crippen LogP contribution in [-0.4, -0.2) is 44.0 Å². The predicted octanol–water partition coefficient (Wildman–Crippen LogP) is 0.0946. The molecule has 1 saturated heterocycles. The molecule has 1 rings (SSSR count). The minimum absolute atomic E-state index is 0.111. The highest BCUT2D eigenvalue weighted by Crippen LogP contribution is 2.12. The van der Waals surface area contributed by atoms with Gasteiger partial charge in [-0.25, -0.2) is 4.79 Å². The van der Waals surface area contributed by atoms with E-state index in [1.54, 1.807) is 0 Å². The Balaban J connectivity index is 2.00. The number of hydrogen-bond donors (Lipinski definition) is 3. The molecule has 1 aliphatic rings. The number of rotatable bonds is 5. The van der Waals surface area contributed by atoms with Gasteiger partial charge in [0.15, 0.2) is 0 Å². The molecule has 0 aliphatic carbocycles. The molecule has 0 radical (unpaired) electrons. The number of aliphatic hydroxyl groups is 1. The molecule has 0 aromatic rings. The topological polar surface area (TPSA) is 70.6 Å². The van der Waals surface area contributed by atoms with Crippen molar-refractivity contribution in [2.45, 2.75) is 19.3 Å². The summed E-state index contributed by atoms with van der Waals surface area (Å²) in [6.07, 6.45) is 2.65. The lowest BCUT2D eigenvalue weighted by Crippen LogP contribution is -2.39. The molecule has 3 N–H and O–H groups in total. The summed E-state index contributed by atoms with van der Waals surface area (Å²) in [6.45, 7) is 2.96. The van der Waals surface area contributed by atoms with Crippen LogP contribution >= 0.6 is 0 Å². The Morgan fingerprint density at radius 1 is 1.33 bits per heavy atom. The molecule has 0 unspecified atom stereocenters. The van der Waals surface area contributed by atoms with Gasteiger partial charge >= 0.3 is 6.03 Å². The standard InChI is InChI=1S/C10H20N2O3/c13-5-1-4-11-10(14)12-8-9-2-6-15-7-3-9/h9,13H,1-8H2,(H2,11,12,14). The minimum Gasteiger partial charge on any atom is -0.396 e. The van der Waals surface area contributed by atoms with Gasteiger partial charge in [-0.2, -0.15) is 0 Å². The fourth-order valence-corrected chi connectivity index (χ4v) is 1.53. The van der Waals surface area contributed by atoms with E-state index in [-0.39, 0.29) is 12.6 Å². The van der Waals surface area contributed by atoms with Crippen molar-refractivity contribution >= 4 is 6.03 Å². The van der Waals surface area contributed by atoms with Crippen LogP contribution in [0.25, 0.3) is 0 Å². The molecule has 5 nitrogen and oxygen atoms in total. The highest BCUT2D eigenvalue weighted by Gasteiger charge is 2.14. The Hall–Kier alpha value is -0.810. The number of ether oxygens (including phenoxy) is 1. The maximum atomic E-state index is 11.2. The monoisotopic (exact) mass is 216 g/mol. The fraction of sp³-hybridized carbons (Fsp3) is 0.900. The summed E-state index contributed by atoms with van der Waals surface area (Å²) in [4.78, 5) is 11.2. The van der Waals surface area contributed by atoms with Gasteiger partial charge < -0.3 is 20.5 Å². The van der Waals surface area contributed by atoms with E-state index >= 15 is 0 Å². The van der Waals surface area contributed by atoms with E-state index in [0.29, 0.717) is 25.4 Å². The van der Waals surface area contributed by atoms with Crippen LogP contribution in [0, 0.1) is 5.92 Å². The van der Waals surface area contributed by atoms with Gasteiger partial charge in [0.05, 0.1) is 0 Å². The SMILES string of the molecule is O=C(NCCCO)NCC1CCOCC1. The zero-order valence-corrected chi connectivity index (χ0v) is 9.00. The van der Waals surface area contributed by atoms with Crippen molar-refractivity contribution in [3.63, 3.8) is 0 Å². The second kappa shape index (κ2) is 7.48. The maximum absolute atomic E-state index is 11.2. The number of aliphatic hydroxyl groups excluding tert-OH is 1. The Kier molecular flexibility index (Phi) is 6.11. The number of carbonyl (C=O) groups excluding carboxylic acids is 1. The molecule has 88 valence electrons. The predicted molar refractivity (Wildman–Crippen MR) is 56.6 cm³/mol. The molecule has 0 aromatic heterocycles. The first kappa shape index (κ1) is 12.3. The third kappa shape index (κ3) is 5.59. The lowest BCUT2D eigenvalue weighted by atomic mass is 10.0. The van der Waals surface area contributed by atoms with Crippen molar-refractivity contribution in [2.24, 2.45) is 5.92 Å². The Bertz CT molecular complexity index is 182. The van der Waals surface area contributed by atoms with Crippen LogP contribution in [0.4, 0.5) is 4.79 Å². The van der Waals surface area contributed by atoms with E-state index in [2.05, 4.69) is 10.6 Å². The molecule has 0 spiro atoms. The van der Waals surface area contributed by atoms with Crippen molar-refractivity contribution in [2.75, 3.05) is 32.9 Å². The van der Waals surface area contributed by atoms with Crippen molar-refractivity contribution in [3.05, 3.63) is 0 Å². The minimum atomic E-state index is -0.144. The number of urea groups is 1. The normalized spacial score (nSPS) is 17.4. The van der Waals surface area contributed by atoms with Crippen LogP contribution in [0.5, 0.6) is 0 Å². The largest absolute Gasteiger partial charge is 0.396 e. The van der Waals surface area contributed by atoms with E-state index < -0.39 is 0 Å². The van der Waals surface area contributed by atoms with Gasteiger partial charge in [-0.15, -0.1) is 0 Å². The van der Waals surface area contributed by atoms with Crippen LogP contribution in [-0.2, 0) is 4.74 Å². The first-order valence-electron chi connectivity index (χ1n) is 5.53. The fourth-order valence-electron chi connectivity index (χ4n) is 1.53. The lowest BCUT2D eigenvalue weighted by Gasteiger charge is -2.22. The second-order valence-corrected chi connectivity index (χ2v) is 3.77. The molecule has 0 aromatic carbocycles. The van der Waals surface area contributed by atoms with Crippen LogP contribution in [0.3, 0.4) is 0 Å². The summed E-state index contributed by atoms with van der Waals surface area (Å²) >= 11 is 0. The summed E-state index contributed by atoms with van der Waals surface area (Å²) in [7, 11) is 0. The van der Waals surface area contributed by atoms with Crippen molar-refractivity contribution < 1.29 is 14.6 Å². The molecule has 1 fully saturated rings. The summed E-state index contributed by atoms with van der Waals surface area (Å²) in [5, 5.41) is 14.0. The van der Waals surface area contributed by atoms with E-state index in [1.165, 1.54) is 0 Å². The van der Waals surface area contributed by atoms with Crippen molar-refractivity contribution in [1.82, 2.24) is 10.6 Å².